The molecule has 4 heteroatoms. The molecule has 17 heavy (non-hydrogen) atoms. The lowest BCUT2D eigenvalue weighted by atomic mass is 9.96. The van der Waals surface area contributed by atoms with E-state index in [1.807, 2.05) is 13.0 Å². The minimum Gasteiger partial charge on any atom is -0.388 e. The van der Waals surface area contributed by atoms with Gasteiger partial charge in [-0.2, -0.15) is 0 Å². The third kappa shape index (κ3) is 2.96. The summed E-state index contributed by atoms with van der Waals surface area (Å²) in [6.45, 7) is 2.75. The van der Waals surface area contributed by atoms with Crippen LogP contribution in [0.2, 0.25) is 0 Å². The van der Waals surface area contributed by atoms with Crippen LogP contribution in [0.3, 0.4) is 0 Å². The first-order chi connectivity index (χ1) is 8.18. The van der Waals surface area contributed by atoms with Gasteiger partial charge in [0.2, 0.25) is 0 Å². The molecule has 4 nitrogen and oxygen atoms in total. The van der Waals surface area contributed by atoms with Gasteiger partial charge < -0.3 is 15.6 Å². The topological polar surface area (TPSA) is 68.4 Å². The van der Waals surface area contributed by atoms with Crippen LogP contribution in [0.4, 0.5) is 5.82 Å². The predicted molar refractivity (Wildman–Crippen MR) is 66.6 cm³/mol. The zero-order chi connectivity index (χ0) is 12.3. The Morgan fingerprint density at radius 2 is 2.41 bits per heavy atom. The van der Waals surface area contributed by atoms with Crippen molar-refractivity contribution in [1.82, 2.24) is 4.98 Å². The van der Waals surface area contributed by atoms with Crippen molar-refractivity contribution >= 4 is 5.82 Å². The van der Waals surface area contributed by atoms with Gasteiger partial charge in [0.25, 0.3) is 0 Å². The summed E-state index contributed by atoms with van der Waals surface area (Å²) in [4.78, 5) is 4.03. The molecule has 0 saturated carbocycles. The molecule has 2 unspecified atom stereocenters. The Balaban J connectivity index is 2.05. The number of hydrogen-bond donors (Lipinski definition) is 2. The van der Waals surface area contributed by atoms with Gasteiger partial charge in [-0.3, -0.25) is 0 Å². The van der Waals surface area contributed by atoms with Gasteiger partial charge in [0.05, 0.1) is 12.2 Å². The molecule has 0 spiro atoms. The number of aryl methyl sites for hydroxylation is 1. The van der Waals surface area contributed by atoms with Crippen molar-refractivity contribution in [1.29, 1.82) is 0 Å². The summed E-state index contributed by atoms with van der Waals surface area (Å²) in [5.74, 6) is 0.424. The molecule has 3 N–H and O–H groups in total. The molecule has 0 bridgehead atoms. The second-order valence-corrected chi connectivity index (χ2v) is 4.67. The fourth-order valence-electron chi connectivity index (χ4n) is 2.38. The third-order valence-electron chi connectivity index (χ3n) is 3.33. The molecule has 1 aliphatic rings. The summed E-state index contributed by atoms with van der Waals surface area (Å²) in [6, 6.07) is 1.87. The number of nitrogens with two attached hydrogens (primary N) is 1. The van der Waals surface area contributed by atoms with E-state index < -0.39 is 6.10 Å². The standard InChI is InChI=1S/C13H20N2O2/c1-9-5-6-15-13(14)12(9)11(16)8-10-4-2-3-7-17-10/h5-6,10-11,16H,2-4,7-8H2,1H3,(H2,14,15). The molecular formula is C13H20N2O2. The average molecular weight is 236 g/mol. The number of nitrogens with zero attached hydrogens (tertiary/aromatic N) is 1. The van der Waals surface area contributed by atoms with Crippen LogP contribution >= 0.6 is 0 Å². The van der Waals surface area contributed by atoms with Gasteiger partial charge >= 0.3 is 0 Å². The molecular weight excluding hydrogens is 216 g/mol. The highest BCUT2D eigenvalue weighted by Gasteiger charge is 2.22. The number of aliphatic hydroxyl groups excluding tert-OH is 1. The van der Waals surface area contributed by atoms with Gasteiger partial charge in [0.1, 0.15) is 5.82 Å². The van der Waals surface area contributed by atoms with Crippen LogP contribution in [0.1, 0.15) is 42.9 Å². The third-order valence-corrected chi connectivity index (χ3v) is 3.33. The first-order valence-corrected chi connectivity index (χ1v) is 6.19. The zero-order valence-electron chi connectivity index (χ0n) is 10.2. The summed E-state index contributed by atoms with van der Waals surface area (Å²) in [5, 5.41) is 10.2. The molecule has 0 radical (unpaired) electrons. The minimum atomic E-state index is -0.577. The van der Waals surface area contributed by atoms with E-state index in [0.717, 1.165) is 30.6 Å². The van der Waals surface area contributed by atoms with E-state index >= 15 is 0 Å². The van der Waals surface area contributed by atoms with Crippen molar-refractivity contribution in [2.75, 3.05) is 12.3 Å². The van der Waals surface area contributed by atoms with Crippen LogP contribution in [0, 0.1) is 6.92 Å². The predicted octanol–water partition coefficient (Wildman–Crippen LogP) is 1.96. The minimum absolute atomic E-state index is 0.151. The Bertz CT molecular complexity index is 355. The number of nitrogen functional groups attached to an aromatic ring is 1. The fraction of sp³-hybridized carbons (Fsp3) is 0.615. The molecule has 2 atom stereocenters. The van der Waals surface area contributed by atoms with Gasteiger partial charge in [-0.1, -0.05) is 0 Å². The Kier molecular flexibility index (Phi) is 3.97. The Morgan fingerprint density at radius 1 is 1.59 bits per heavy atom. The molecule has 0 amide bonds. The molecule has 1 aromatic heterocycles. The number of aromatic nitrogens is 1. The van der Waals surface area contributed by atoms with E-state index in [1.165, 1.54) is 6.42 Å². The maximum atomic E-state index is 10.2. The number of rotatable bonds is 3. The van der Waals surface area contributed by atoms with Crippen LogP contribution in [-0.4, -0.2) is 22.8 Å². The molecule has 1 aliphatic heterocycles. The van der Waals surface area contributed by atoms with E-state index in [9.17, 15) is 5.11 Å². The van der Waals surface area contributed by atoms with Crippen molar-refractivity contribution in [3.05, 3.63) is 23.4 Å². The highest BCUT2D eigenvalue weighted by molar-refractivity contribution is 5.45. The normalized spacial score (nSPS) is 22.4. The summed E-state index contributed by atoms with van der Waals surface area (Å²) in [7, 11) is 0. The number of hydrogen-bond acceptors (Lipinski definition) is 4. The van der Waals surface area contributed by atoms with Gasteiger partial charge in [-0.15, -0.1) is 0 Å². The van der Waals surface area contributed by atoms with E-state index in [0.29, 0.717) is 12.2 Å². The van der Waals surface area contributed by atoms with Gasteiger partial charge in [-0.25, -0.2) is 4.98 Å². The lowest BCUT2D eigenvalue weighted by molar-refractivity contribution is -0.0155. The number of anilines is 1. The second kappa shape index (κ2) is 5.47. The SMILES string of the molecule is Cc1ccnc(N)c1C(O)CC1CCCCO1. The molecule has 2 heterocycles. The fourth-order valence-corrected chi connectivity index (χ4v) is 2.38. The molecule has 1 aromatic rings. The van der Waals surface area contributed by atoms with Crippen molar-refractivity contribution in [3.8, 4) is 0 Å². The summed E-state index contributed by atoms with van der Waals surface area (Å²) < 4.78 is 5.63. The van der Waals surface area contributed by atoms with Crippen LogP contribution in [0.15, 0.2) is 12.3 Å². The number of ether oxygens (including phenoxy) is 1. The van der Waals surface area contributed by atoms with Crippen molar-refractivity contribution in [2.45, 2.75) is 44.8 Å². The van der Waals surface area contributed by atoms with Crippen LogP contribution in [0.25, 0.3) is 0 Å². The van der Waals surface area contributed by atoms with Gasteiger partial charge in [0.15, 0.2) is 0 Å². The Hall–Kier alpha value is -1.13. The Labute approximate surface area is 102 Å². The number of pyridine rings is 1. The summed E-state index contributed by atoms with van der Waals surface area (Å²) >= 11 is 0. The molecule has 94 valence electrons. The monoisotopic (exact) mass is 236 g/mol. The Morgan fingerprint density at radius 3 is 3.06 bits per heavy atom. The second-order valence-electron chi connectivity index (χ2n) is 4.67. The van der Waals surface area contributed by atoms with E-state index in [2.05, 4.69) is 4.98 Å². The van der Waals surface area contributed by atoms with Crippen molar-refractivity contribution < 1.29 is 9.84 Å². The highest BCUT2D eigenvalue weighted by atomic mass is 16.5. The molecule has 0 aromatic carbocycles. The van der Waals surface area contributed by atoms with Crippen molar-refractivity contribution in [2.24, 2.45) is 0 Å². The number of aliphatic hydroxyl groups is 1. The largest absolute Gasteiger partial charge is 0.388 e. The molecule has 0 aliphatic carbocycles. The van der Waals surface area contributed by atoms with Gasteiger partial charge in [0, 0.05) is 24.8 Å². The quantitative estimate of drug-likeness (QED) is 0.841. The van der Waals surface area contributed by atoms with Crippen LogP contribution in [0.5, 0.6) is 0 Å². The summed E-state index contributed by atoms with van der Waals surface area (Å²) in [5.41, 5.74) is 7.55. The zero-order valence-corrected chi connectivity index (χ0v) is 10.2. The van der Waals surface area contributed by atoms with Crippen molar-refractivity contribution in [3.63, 3.8) is 0 Å². The van der Waals surface area contributed by atoms with Crippen LogP contribution < -0.4 is 5.73 Å². The van der Waals surface area contributed by atoms with E-state index in [-0.39, 0.29) is 6.10 Å². The summed E-state index contributed by atoms with van der Waals surface area (Å²) in [6.07, 6.45) is 5.18. The van der Waals surface area contributed by atoms with E-state index in [4.69, 9.17) is 10.5 Å². The maximum absolute atomic E-state index is 10.2. The molecule has 1 saturated heterocycles. The molecule has 2 rings (SSSR count). The lowest BCUT2D eigenvalue weighted by Gasteiger charge is -2.25. The smallest absolute Gasteiger partial charge is 0.129 e. The molecule has 1 fully saturated rings. The first-order valence-electron chi connectivity index (χ1n) is 6.19. The average Bonchev–Trinajstić information content (AvgIpc) is 2.30. The van der Waals surface area contributed by atoms with Gasteiger partial charge in [-0.05, 0) is 37.8 Å². The van der Waals surface area contributed by atoms with E-state index in [1.54, 1.807) is 6.20 Å². The van der Waals surface area contributed by atoms with Crippen LogP contribution in [-0.2, 0) is 4.74 Å². The maximum Gasteiger partial charge on any atom is 0.129 e. The lowest BCUT2D eigenvalue weighted by Crippen LogP contribution is -2.22. The highest BCUT2D eigenvalue weighted by Crippen LogP contribution is 2.29. The first kappa shape index (κ1) is 12.3.